The molecule has 2 aliphatic rings. The van der Waals surface area contributed by atoms with Crippen LogP contribution in [0.5, 0.6) is 0 Å². The lowest BCUT2D eigenvalue weighted by Gasteiger charge is -2.32. The number of nitrogens with zero attached hydrogens (tertiary/aromatic N) is 6. The molecule has 1 atom stereocenters. The molecule has 9 nitrogen and oxygen atoms in total. The van der Waals surface area contributed by atoms with E-state index in [-0.39, 0.29) is 17.6 Å². The molecule has 29 heavy (non-hydrogen) atoms. The second kappa shape index (κ2) is 9.55. The molecular weight excluding hydrogens is 392 g/mol. The number of aryl methyl sites for hydroxylation is 1. The van der Waals surface area contributed by atoms with Crippen LogP contribution in [0.15, 0.2) is 17.5 Å². The fraction of sp³-hybridized carbons (Fsp3) is 0.632. The minimum Gasteiger partial charge on any atom is -0.379 e. The number of hydrogen-bond donors (Lipinski definition) is 0. The van der Waals surface area contributed by atoms with E-state index in [4.69, 9.17) is 4.74 Å². The number of piperidine rings is 1. The Morgan fingerprint density at radius 2 is 2.10 bits per heavy atom. The first-order valence-electron chi connectivity index (χ1n) is 10.1. The summed E-state index contributed by atoms with van der Waals surface area (Å²) in [6.45, 7) is 5.49. The Morgan fingerprint density at radius 1 is 1.24 bits per heavy atom. The molecule has 1 unspecified atom stereocenters. The number of tetrazole rings is 1. The molecule has 0 N–H and O–H groups in total. The Bertz CT molecular complexity index is 818. The summed E-state index contributed by atoms with van der Waals surface area (Å²) in [4.78, 5) is 30.3. The zero-order valence-corrected chi connectivity index (χ0v) is 17.2. The number of thiophene rings is 1. The molecule has 2 saturated heterocycles. The van der Waals surface area contributed by atoms with Crippen LogP contribution in [0.25, 0.3) is 0 Å². The monoisotopic (exact) mass is 418 g/mol. The third-order valence-electron chi connectivity index (χ3n) is 5.52. The van der Waals surface area contributed by atoms with Crippen LogP contribution < -0.4 is 0 Å². The highest BCUT2D eigenvalue weighted by molar-refractivity contribution is 7.12. The second-order valence-electron chi connectivity index (χ2n) is 7.48. The van der Waals surface area contributed by atoms with Crippen LogP contribution in [0.1, 0.15) is 34.8 Å². The van der Waals surface area contributed by atoms with Crippen molar-refractivity contribution in [3.63, 3.8) is 0 Å². The van der Waals surface area contributed by atoms with Crippen molar-refractivity contribution in [1.29, 1.82) is 0 Å². The SMILES string of the molecule is O=C(c1cccs1)C1CCCN(C(=O)CCn2nnnc2CN2CCOCC2)C1. The van der Waals surface area contributed by atoms with Gasteiger partial charge in [0.05, 0.1) is 31.2 Å². The van der Waals surface area contributed by atoms with E-state index in [0.717, 1.165) is 49.8 Å². The highest BCUT2D eigenvalue weighted by Crippen LogP contribution is 2.23. The van der Waals surface area contributed by atoms with Crippen LogP contribution in [0.3, 0.4) is 0 Å². The average molecular weight is 419 g/mol. The van der Waals surface area contributed by atoms with E-state index in [2.05, 4.69) is 20.4 Å². The summed E-state index contributed by atoms with van der Waals surface area (Å²) in [7, 11) is 0. The van der Waals surface area contributed by atoms with Gasteiger partial charge in [0.1, 0.15) is 0 Å². The maximum absolute atomic E-state index is 12.8. The highest BCUT2D eigenvalue weighted by atomic mass is 32.1. The molecule has 1 amide bonds. The van der Waals surface area contributed by atoms with Gasteiger partial charge in [0.2, 0.25) is 5.91 Å². The number of likely N-dealkylation sites (tertiary alicyclic amines) is 1. The van der Waals surface area contributed by atoms with Gasteiger partial charge >= 0.3 is 0 Å². The molecule has 2 aliphatic heterocycles. The number of amides is 1. The lowest BCUT2D eigenvalue weighted by molar-refractivity contribution is -0.132. The highest BCUT2D eigenvalue weighted by Gasteiger charge is 2.29. The predicted octanol–water partition coefficient (Wildman–Crippen LogP) is 1.08. The van der Waals surface area contributed by atoms with Crippen LogP contribution in [0, 0.1) is 5.92 Å². The summed E-state index contributed by atoms with van der Waals surface area (Å²) < 4.78 is 7.08. The number of carbonyl (C=O) groups is 2. The zero-order chi connectivity index (χ0) is 20.1. The third-order valence-corrected chi connectivity index (χ3v) is 6.41. The molecule has 0 radical (unpaired) electrons. The van der Waals surface area contributed by atoms with Gasteiger partial charge in [0, 0.05) is 38.5 Å². The van der Waals surface area contributed by atoms with Crippen LogP contribution in [0.4, 0.5) is 0 Å². The van der Waals surface area contributed by atoms with Gasteiger partial charge in [-0.15, -0.1) is 16.4 Å². The Kier molecular flexibility index (Phi) is 6.63. The van der Waals surface area contributed by atoms with E-state index in [9.17, 15) is 9.59 Å². The van der Waals surface area contributed by atoms with Crippen molar-refractivity contribution < 1.29 is 14.3 Å². The van der Waals surface area contributed by atoms with Gasteiger partial charge < -0.3 is 9.64 Å². The molecule has 2 aromatic heterocycles. The molecule has 0 saturated carbocycles. The molecule has 2 aromatic rings. The predicted molar refractivity (Wildman–Crippen MR) is 106 cm³/mol. The number of Topliss-reactive ketones (excluding diaryl/α,β-unsaturated/α-hetero) is 1. The number of hydrogen-bond acceptors (Lipinski definition) is 8. The number of aromatic nitrogens is 4. The fourth-order valence-electron chi connectivity index (χ4n) is 3.87. The largest absolute Gasteiger partial charge is 0.379 e. The van der Waals surface area contributed by atoms with Gasteiger partial charge in [-0.3, -0.25) is 14.5 Å². The van der Waals surface area contributed by atoms with Crippen molar-refractivity contribution in [2.75, 3.05) is 39.4 Å². The number of rotatable bonds is 7. The van der Waals surface area contributed by atoms with E-state index < -0.39 is 0 Å². The van der Waals surface area contributed by atoms with E-state index in [1.807, 2.05) is 22.4 Å². The van der Waals surface area contributed by atoms with E-state index in [0.29, 0.717) is 32.6 Å². The maximum atomic E-state index is 12.8. The number of carbonyl (C=O) groups excluding carboxylic acids is 2. The summed E-state index contributed by atoms with van der Waals surface area (Å²) in [6, 6.07) is 3.76. The van der Waals surface area contributed by atoms with Gasteiger partial charge in [-0.1, -0.05) is 6.07 Å². The molecule has 156 valence electrons. The first kappa shape index (κ1) is 20.1. The van der Waals surface area contributed by atoms with E-state index >= 15 is 0 Å². The Balaban J connectivity index is 1.29. The van der Waals surface area contributed by atoms with Crippen molar-refractivity contribution >= 4 is 23.0 Å². The second-order valence-corrected chi connectivity index (χ2v) is 8.42. The van der Waals surface area contributed by atoms with Gasteiger partial charge in [0.25, 0.3) is 0 Å². The maximum Gasteiger partial charge on any atom is 0.224 e. The molecular formula is C19H26N6O3S. The van der Waals surface area contributed by atoms with Crippen molar-refractivity contribution in [1.82, 2.24) is 30.0 Å². The first-order chi connectivity index (χ1) is 14.2. The van der Waals surface area contributed by atoms with Crippen LogP contribution in [-0.2, 0) is 22.6 Å². The van der Waals surface area contributed by atoms with E-state index in [1.54, 1.807) is 4.68 Å². The van der Waals surface area contributed by atoms with Crippen molar-refractivity contribution in [3.05, 3.63) is 28.2 Å². The van der Waals surface area contributed by atoms with Gasteiger partial charge in [-0.25, -0.2) is 4.68 Å². The van der Waals surface area contributed by atoms with Gasteiger partial charge in [0.15, 0.2) is 11.6 Å². The van der Waals surface area contributed by atoms with Crippen molar-refractivity contribution in [2.45, 2.75) is 32.4 Å². The average Bonchev–Trinajstić information content (AvgIpc) is 3.45. The van der Waals surface area contributed by atoms with Gasteiger partial charge in [-0.2, -0.15) is 0 Å². The smallest absolute Gasteiger partial charge is 0.224 e. The molecule has 4 rings (SSSR count). The van der Waals surface area contributed by atoms with Crippen LogP contribution in [0.2, 0.25) is 0 Å². The number of morpholine rings is 1. The quantitative estimate of drug-likeness (QED) is 0.621. The molecule has 0 spiro atoms. The summed E-state index contributed by atoms with van der Waals surface area (Å²) in [5.74, 6) is 0.882. The Hall–Kier alpha value is -2.17. The minimum absolute atomic E-state index is 0.0569. The number of ketones is 1. The van der Waals surface area contributed by atoms with Crippen LogP contribution in [-0.4, -0.2) is 81.1 Å². The molecule has 4 heterocycles. The molecule has 0 aliphatic carbocycles. The lowest BCUT2D eigenvalue weighted by atomic mass is 9.93. The molecule has 10 heteroatoms. The number of ether oxygens (including phenoxy) is 1. The standard InChI is InChI=1S/C19H26N6O3S/c26-18(24-6-1-3-15(13-24)19(27)16-4-2-12-29-16)5-7-25-17(20-21-22-25)14-23-8-10-28-11-9-23/h2,4,12,15H,1,3,5-11,13-14H2. The van der Waals surface area contributed by atoms with Crippen molar-refractivity contribution in [2.24, 2.45) is 5.92 Å². The Morgan fingerprint density at radius 3 is 2.90 bits per heavy atom. The van der Waals surface area contributed by atoms with E-state index in [1.165, 1.54) is 11.3 Å². The molecule has 2 fully saturated rings. The minimum atomic E-state index is -0.101. The first-order valence-corrected chi connectivity index (χ1v) is 11.0. The molecule has 0 aromatic carbocycles. The van der Waals surface area contributed by atoms with Crippen molar-refractivity contribution in [3.8, 4) is 0 Å². The third kappa shape index (κ3) is 5.06. The Labute approximate surface area is 173 Å². The van der Waals surface area contributed by atoms with Crippen LogP contribution >= 0.6 is 11.3 Å². The summed E-state index contributed by atoms with van der Waals surface area (Å²) in [5, 5.41) is 13.9. The topological polar surface area (TPSA) is 93.5 Å². The van der Waals surface area contributed by atoms with Gasteiger partial charge in [-0.05, 0) is 34.7 Å². The molecule has 0 bridgehead atoms. The normalized spacial score (nSPS) is 20.7. The summed E-state index contributed by atoms with van der Waals surface area (Å²) in [6.07, 6.45) is 2.04. The summed E-state index contributed by atoms with van der Waals surface area (Å²) in [5.41, 5.74) is 0. The zero-order valence-electron chi connectivity index (χ0n) is 16.4. The summed E-state index contributed by atoms with van der Waals surface area (Å²) >= 11 is 1.47. The lowest BCUT2D eigenvalue weighted by Crippen LogP contribution is -2.42. The fourth-order valence-corrected chi connectivity index (χ4v) is 4.61.